The van der Waals surface area contributed by atoms with Crippen LogP contribution in [-0.4, -0.2) is 10.2 Å². The maximum atomic E-state index is 9.73. The molecule has 0 radical (unpaired) electrons. The Kier molecular flexibility index (Phi) is 3.61. The van der Waals surface area contributed by atoms with E-state index in [4.69, 9.17) is 0 Å². The topological polar surface area (TPSA) is 40.5 Å². The lowest BCUT2D eigenvalue weighted by molar-refractivity contribution is 0.467. The Balaban J connectivity index is 2.30. The van der Waals surface area contributed by atoms with Gasteiger partial charge in [-0.15, -0.1) is 0 Å². The van der Waals surface area contributed by atoms with E-state index in [1.807, 2.05) is 57.2 Å². The maximum absolute atomic E-state index is 9.73. The first-order valence-electron chi connectivity index (χ1n) is 6.25. The number of phenols is 2. The first kappa shape index (κ1) is 13.2. The molecule has 0 bridgehead atoms. The zero-order valence-corrected chi connectivity index (χ0v) is 11.4. The smallest absolute Gasteiger partial charge is 0.121 e. The second-order valence-electron chi connectivity index (χ2n) is 4.88. The lowest BCUT2D eigenvalue weighted by Gasteiger charge is -2.05. The van der Waals surface area contributed by atoms with Crippen molar-refractivity contribution >= 4 is 12.2 Å². The summed E-state index contributed by atoms with van der Waals surface area (Å²) < 4.78 is 0. The highest BCUT2D eigenvalue weighted by atomic mass is 16.3. The number of benzene rings is 2. The fourth-order valence-electron chi connectivity index (χ4n) is 2.06. The molecule has 2 N–H and O–H groups in total. The van der Waals surface area contributed by atoms with Gasteiger partial charge in [0.1, 0.15) is 11.5 Å². The van der Waals surface area contributed by atoms with Crippen LogP contribution in [0.1, 0.15) is 27.8 Å². The zero-order valence-electron chi connectivity index (χ0n) is 11.4. The van der Waals surface area contributed by atoms with Crippen molar-refractivity contribution in [2.24, 2.45) is 0 Å². The molecule has 0 aliphatic rings. The Morgan fingerprint density at radius 3 is 1.84 bits per heavy atom. The molecular formula is C17H18O2. The summed E-state index contributed by atoms with van der Waals surface area (Å²) in [4.78, 5) is 0. The second-order valence-corrected chi connectivity index (χ2v) is 4.88. The van der Waals surface area contributed by atoms with Crippen molar-refractivity contribution in [1.29, 1.82) is 0 Å². The molecule has 0 aliphatic heterocycles. The molecule has 2 aromatic rings. The number of hydrogen-bond acceptors (Lipinski definition) is 2. The molecule has 2 nitrogen and oxygen atoms in total. The molecule has 0 atom stereocenters. The Morgan fingerprint density at radius 2 is 1.26 bits per heavy atom. The Hall–Kier alpha value is -2.22. The van der Waals surface area contributed by atoms with Gasteiger partial charge in [-0.3, -0.25) is 0 Å². The lowest BCUT2D eigenvalue weighted by Crippen LogP contribution is -1.83. The third-order valence-electron chi connectivity index (χ3n) is 3.20. The quantitative estimate of drug-likeness (QED) is 0.789. The Labute approximate surface area is 113 Å². The number of aryl methyl sites for hydroxylation is 3. The third kappa shape index (κ3) is 2.97. The summed E-state index contributed by atoms with van der Waals surface area (Å²) >= 11 is 0. The van der Waals surface area contributed by atoms with Gasteiger partial charge < -0.3 is 10.2 Å². The van der Waals surface area contributed by atoms with E-state index < -0.39 is 0 Å². The largest absolute Gasteiger partial charge is 0.508 e. The highest BCUT2D eigenvalue weighted by Crippen LogP contribution is 2.24. The van der Waals surface area contributed by atoms with Crippen LogP contribution in [0.15, 0.2) is 30.3 Å². The molecule has 19 heavy (non-hydrogen) atoms. The number of phenolic OH excluding ortho intramolecular Hbond substituents is 2. The van der Waals surface area contributed by atoms with Crippen LogP contribution in [0.3, 0.4) is 0 Å². The van der Waals surface area contributed by atoms with Gasteiger partial charge in [0.05, 0.1) is 0 Å². The van der Waals surface area contributed by atoms with Gasteiger partial charge in [-0.25, -0.2) is 0 Å². The summed E-state index contributed by atoms with van der Waals surface area (Å²) in [7, 11) is 0. The third-order valence-corrected chi connectivity index (χ3v) is 3.20. The van der Waals surface area contributed by atoms with E-state index in [0.717, 1.165) is 27.8 Å². The van der Waals surface area contributed by atoms with Crippen molar-refractivity contribution in [2.75, 3.05) is 0 Å². The molecule has 2 aromatic carbocycles. The van der Waals surface area contributed by atoms with Gasteiger partial charge in [-0.1, -0.05) is 18.2 Å². The Morgan fingerprint density at radius 1 is 0.737 bits per heavy atom. The predicted molar refractivity (Wildman–Crippen MR) is 79.4 cm³/mol. The van der Waals surface area contributed by atoms with Gasteiger partial charge in [0, 0.05) is 0 Å². The van der Waals surface area contributed by atoms with Crippen molar-refractivity contribution in [1.82, 2.24) is 0 Å². The second kappa shape index (κ2) is 5.19. The molecule has 2 rings (SSSR count). The van der Waals surface area contributed by atoms with Crippen LogP contribution in [0, 0.1) is 20.8 Å². The summed E-state index contributed by atoms with van der Waals surface area (Å²) in [5.74, 6) is 0.672. The van der Waals surface area contributed by atoms with E-state index in [0.29, 0.717) is 11.5 Å². The van der Waals surface area contributed by atoms with E-state index in [9.17, 15) is 10.2 Å². The lowest BCUT2D eigenvalue weighted by atomic mass is 10.0. The molecule has 0 saturated heterocycles. The SMILES string of the molecule is Cc1cc(C=Cc2cc(C)c(O)c(C)c2)ccc1O. The molecule has 0 aromatic heterocycles. The minimum Gasteiger partial charge on any atom is -0.508 e. The summed E-state index contributed by atoms with van der Waals surface area (Å²) in [5.41, 5.74) is 4.71. The number of aromatic hydroxyl groups is 2. The highest BCUT2D eigenvalue weighted by molar-refractivity contribution is 5.71. The van der Waals surface area contributed by atoms with E-state index in [-0.39, 0.29) is 0 Å². The summed E-state index contributed by atoms with van der Waals surface area (Å²) in [5, 5.41) is 19.2. The first-order valence-corrected chi connectivity index (χ1v) is 6.25. The molecular weight excluding hydrogens is 236 g/mol. The number of rotatable bonds is 2. The maximum Gasteiger partial charge on any atom is 0.121 e. The van der Waals surface area contributed by atoms with E-state index >= 15 is 0 Å². The van der Waals surface area contributed by atoms with Crippen LogP contribution in [0.4, 0.5) is 0 Å². The highest BCUT2D eigenvalue weighted by Gasteiger charge is 2.01. The molecule has 0 heterocycles. The monoisotopic (exact) mass is 254 g/mol. The van der Waals surface area contributed by atoms with Crippen LogP contribution in [0.5, 0.6) is 11.5 Å². The van der Waals surface area contributed by atoms with Crippen LogP contribution in [-0.2, 0) is 0 Å². The van der Waals surface area contributed by atoms with Crippen molar-refractivity contribution in [3.05, 3.63) is 58.1 Å². The standard InChI is InChI=1S/C17H18O2/c1-11-8-14(6-7-16(11)18)4-5-15-9-12(2)17(19)13(3)10-15/h4-10,18-19H,1-3H3. The van der Waals surface area contributed by atoms with Gasteiger partial charge >= 0.3 is 0 Å². The van der Waals surface area contributed by atoms with Crippen LogP contribution < -0.4 is 0 Å². The molecule has 0 fully saturated rings. The van der Waals surface area contributed by atoms with Crippen molar-refractivity contribution in [3.8, 4) is 11.5 Å². The van der Waals surface area contributed by atoms with E-state index in [1.165, 1.54) is 0 Å². The molecule has 0 spiro atoms. The number of hydrogen-bond donors (Lipinski definition) is 2. The predicted octanol–water partition coefficient (Wildman–Crippen LogP) is 4.19. The van der Waals surface area contributed by atoms with Gasteiger partial charge in [0.2, 0.25) is 0 Å². The molecule has 0 saturated carbocycles. The molecule has 0 amide bonds. The first-order chi connectivity index (χ1) is 8.97. The van der Waals surface area contributed by atoms with Crippen LogP contribution in [0.2, 0.25) is 0 Å². The average molecular weight is 254 g/mol. The molecule has 2 heteroatoms. The van der Waals surface area contributed by atoms with Crippen LogP contribution >= 0.6 is 0 Å². The fourth-order valence-corrected chi connectivity index (χ4v) is 2.06. The minimum atomic E-state index is 0.313. The van der Waals surface area contributed by atoms with Crippen LogP contribution in [0.25, 0.3) is 12.2 Å². The van der Waals surface area contributed by atoms with Gasteiger partial charge in [0.25, 0.3) is 0 Å². The van der Waals surface area contributed by atoms with E-state index in [2.05, 4.69) is 0 Å². The summed E-state index contributed by atoms with van der Waals surface area (Å²) in [6.07, 6.45) is 4.00. The van der Waals surface area contributed by atoms with E-state index in [1.54, 1.807) is 6.07 Å². The van der Waals surface area contributed by atoms with Crippen molar-refractivity contribution < 1.29 is 10.2 Å². The summed E-state index contributed by atoms with van der Waals surface area (Å²) in [6, 6.07) is 9.41. The molecule has 98 valence electrons. The molecule has 0 unspecified atom stereocenters. The zero-order chi connectivity index (χ0) is 14.0. The normalized spacial score (nSPS) is 11.1. The van der Waals surface area contributed by atoms with Crippen molar-refractivity contribution in [2.45, 2.75) is 20.8 Å². The average Bonchev–Trinajstić information content (AvgIpc) is 2.37. The van der Waals surface area contributed by atoms with Gasteiger partial charge in [-0.05, 0) is 72.9 Å². The minimum absolute atomic E-state index is 0.313. The molecule has 0 aliphatic carbocycles. The van der Waals surface area contributed by atoms with Gasteiger partial charge in [-0.2, -0.15) is 0 Å². The van der Waals surface area contributed by atoms with Crippen molar-refractivity contribution in [3.63, 3.8) is 0 Å². The van der Waals surface area contributed by atoms with Gasteiger partial charge in [0.15, 0.2) is 0 Å². The summed E-state index contributed by atoms with van der Waals surface area (Å²) in [6.45, 7) is 5.66. The Bertz CT molecular complexity index is 617. The fraction of sp³-hybridized carbons (Fsp3) is 0.176.